The van der Waals surface area contributed by atoms with Crippen molar-refractivity contribution >= 4 is 5.57 Å². The average Bonchev–Trinajstić information content (AvgIpc) is 3.48. The van der Waals surface area contributed by atoms with E-state index in [9.17, 15) is 0 Å². The lowest BCUT2D eigenvalue weighted by Gasteiger charge is -2.13. The summed E-state index contributed by atoms with van der Waals surface area (Å²) in [6, 6.07) is 93.7. The zero-order valence-electron chi connectivity index (χ0n) is 39.9. The van der Waals surface area contributed by atoms with E-state index in [1.165, 1.54) is 55.6 Å². The first-order chi connectivity index (χ1) is 35.6. The molecule has 72 heavy (non-hydrogen) atoms. The van der Waals surface area contributed by atoms with Crippen LogP contribution in [0.4, 0.5) is 0 Å². The lowest BCUT2D eigenvalue weighted by Crippen LogP contribution is -1.96. The number of nitrogens with zero attached hydrogens (tertiary/aromatic N) is 2. The van der Waals surface area contributed by atoms with Gasteiger partial charge in [-0.2, -0.15) is 0 Å². The molecule has 340 valence electrons. The highest BCUT2D eigenvalue weighted by Crippen LogP contribution is 2.36. The van der Waals surface area contributed by atoms with Crippen molar-refractivity contribution in [3.8, 4) is 112 Å². The molecule has 0 saturated heterocycles. The first-order valence-corrected chi connectivity index (χ1v) is 24.8. The van der Waals surface area contributed by atoms with E-state index in [4.69, 9.17) is 9.97 Å². The molecule has 2 heteroatoms. The number of allylic oxidation sites excluding steroid dienone is 4. The summed E-state index contributed by atoms with van der Waals surface area (Å²) in [7, 11) is 0. The van der Waals surface area contributed by atoms with E-state index in [0.29, 0.717) is 5.82 Å². The molecule has 2 nitrogen and oxygen atoms in total. The van der Waals surface area contributed by atoms with E-state index < -0.39 is 0 Å². The minimum absolute atomic E-state index is 0.675. The maximum atomic E-state index is 5.36. The standard InChI is InChI=1S/C70H50N2/c1-4-17-49(18-5-1)54-23-10-27-58(41-54)60-29-13-26-57(44-60)52-37-39-53(40-38-52)68-48-69(66-35-15-33-64(46-66)61-30-12-25-56(43-61)51-21-8-3-9-22-51)72-70(71-68)67-36-16-34-65(47-67)63-32-14-31-62(45-63)59-28-11-24-55(42-59)50-19-6-2-7-20-50/h1-6,8-19,21-48H,7,20H2. The van der Waals surface area contributed by atoms with Crippen LogP contribution in [0.1, 0.15) is 18.4 Å². The van der Waals surface area contributed by atoms with Crippen LogP contribution in [0.2, 0.25) is 0 Å². The normalized spacial score (nSPS) is 12.1. The molecule has 11 aromatic rings. The summed E-state index contributed by atoms with van der Waals surface area (Å²) in [6.45, 7) is 0. The van der Waals surface area contributed by atoms with Crippen LogP contribution in [0.3, 0.4) is 0 Å². The maximum Gasteiger partial charge on any atom is 0.160 e. The molecular weight excluding hydrogens is 869 g/mol. The van der Waals surface area contributed by atoms with Crippen LogP contribution in [0.25, 0.3) is 117 Å². The molecule has 0 radical (unpaired) electrons. The molecular formula is C70H50N2. The second-order valence-corrected chi connectivity index (χ2v) is 18.5. The van der Waals surface area contributed by atoms with Crippen molar-refractivity contribution in [3.63, 3.8) is 0 Å². The highest BCUT2D eigenvalue weighted by molar-refractivity contribution is 5.83. The predicted octanol–water partition coefficient (Wildman–Crippen LogP) is 18.9. The van der Waals surface area contributed by atoms with Gasteiger partial charge in [-0.05, 0) is 150 Å². The summed E-state index contributed by atoms with van der Waals surface area (Å²) in [5.41, 5.74) is 23.8. The Morgan fingerprint density at radius 3 is 0.972 bits per heavy atom. The summed E-state index contributed by atoms with van der Waals surface area (Å²) in [4.78, 5) is 10.7. The van der Waals surface area contributed by atoms with Crippen LogP contribution in [0, 0.1) is 0 Å². The van der Waals surface area contributed by atoms with E-state index in [1.54, 1.807) is 0 Å². The van der Waals surface area contributed by atoms with Crippen LogP contribution in [-0.2, 0) is 0 Å². The van der Waals surface area contributed by atoms with Crippen molar-refractivity contribution in [3.05, 3.63) is 285 Å². The van der Waals surface area contributed by atoms with E-state index in [-0.39, 0.29) is 0 Å². The molecule has 0 unspecified atom stereocenters. The fourth-order valence-corrected chi connectivity index (χ4v) is 9.92. The van der Waals surface area contributed by atoms with Crippen molar-refractivity contribution in [2.75, 3.05) is 0 Å². The Morgan fingerprint density at radius 2 is 0.542 bits per heavy atom. The van der Waals surface area contributed by atoms with Gasteiger partial charge in [0.1, 0.15) is 0 Å². The third kappa shape index (κ3) is 9.55. The van der Waals surface area contributed by atoms with Crippen molar-refractivity contribution in [2.45, 2.75) is 12.8 Å². The third-order valence-corrected chi connectivity index (χ3v) is 13.8. The van der Waals surface area contributed by atoms with Gasteiger partial charge in [0.05, 0.1) is 11.4 Å². The zero-order valence-corrected chi connectivity index (χ0v) is 39.9. The third-order valence-electron chi connectivity index (χ3n) is 13.8. The summed E-state index contributed by atoms with van der Waals surface area (Å²) in [5, 5.41) is 0. The number of aromatic nitrogens is 2. The monoisotopic (exact) mass is 918 g/mol. The van der Waals surface area contributed by atoms with Crippen LogP contribution in [0.5, 0.6) is 0 Å². The first kappa shape index (κ1) is 44.0. The number of hydrogen-bond donors (Lipinski definition) is 0. The lowest BCUT2D eigenvalue weighted by molar-refractivity contribution is 1.05. The molecule has 0 aliphatic heterocycles. The Balaban J connectivity index is 0.904. The molecule has 12 rings (SSSR count). The molecule has 1 heterocycles. The Morgan fingerprint density at radius 1 is 0.236 bits per heavy atom. The van der Waals surface area contributed by atoms with Crippen molar-refractivity contribution in [1.29, 1.82) is 0 Å². The van der Waals surface area contributed by atoms with Gasteiger partial charge in [-0.25, -0.2) is 9.97 Å². The Labute approximate surface area is 422 Å². The Hall–Kier alpha value is -9.24. The molecule has 0 fully saturated rings. The summed E-state index contributed by atoms with van der Waals surface area (Å²) in [5.74, 6) is 0.675. The largest absolute Gasteiger partial charge is 0.228 e. The highest BCUT2D eigenvalue weighted by atomic mass is 14.9. The zero-order chi connectivity index (χ0) is 48.1. The Kier molecular flexibility index (Phi) is 12.2. The van der Waals surface area contributed by atoms with Crippen LogP contribution in [-0.4, -0.2) is 9.97 Å². The lowest BCUT2D eigenvalue weighted by atomic mass is 9.93. The van der Waals surface area contributed by atoms with Crippen LogP contribution in [0.15, 0.2) is 279 Å². The van der Waals surface area contributed by atoms with Crippen molar-refractivity contribution in [2.24, 2.45) is 0 Å². The molecule has 0 spiro atoms. The minimum atomic E-state index is 0.675. The maximum absolute atomic E-state index is 5.36. The molecule has 1 aliphatic carbocycles. The number of benzene rings is 10. The van der Waals surface area contributed by atoms with Gasteiger partial charge in [-0.3, -0.25) is 0 Å². The van der Waals surface area contributed by atoms with Crippen molar-refractivity contribution < 1.29 is 0 Å². The smallest absolute Gasteiger partial charge is 0.160 e. The first-order valence-electron chi connectivity index (χ1n) is 24.8. The molecule has 0 amide bonds. The van der Waals surface area contributed by atoms with E-state index >= 15 is 0 Å². The van der Waals surface area contributed by atoms with Gasteiger partial charge in [0.25, 0.3) is 0 Å². The number of rotatable bonds is 11. The molecule has 0 N–H and O–H groups in total. The van der Waals surface area contributed by atoms with E-state index in [2.05, 4.69) is 279 Å². The van der Waals surface area contributed by atoms with E-state index in [1.807, 2.05) is 0 Å². The van der Waals surface area contributed by atoms with Gasteiger partial charge in [-0.1, -0.05) is 231 Å². The summed E-state index contributed by atoms with van der Waals surface area (Å²) >= 11 is 0. The summed E-state index contributed by atoms with van der Waals surface area (Å²) < 4.78 is 0. The minimum Gasteiger partial charge on any atom is -0.228 e. The van der Waals surface area contributed by atoms with Gasteiger partial charge in [0.2, 0.25) is 0 Å². The molecule has 0 saturated carbocycles. The molecule has 1 aliphatic rings. The van der Waals surface area contributed by atoms with Gasteiger partial charge in [0.15, 0.2) is 5.82 Å². The fourth-order valence-electron chi connectivity index (χ4n) is 9.92. The Bertz CT molecular complexity index is 3790. The van der Waals surface area contributed by atoms with Crippen LogP contribution < -0.4 is 0 Å². The molecule has 0 bridgehead atoms. The second-order valence-electron chi connectivity index (χ2n) is 18.5. The predicted molar refractivity (Wildman–Crippen MR) is 303 cm³/mol. The molecule has 1 aromatic heterocycles. The summed E-state index contributed by atoms with van der Waals surface area (Å²) in [6.07, 6.45) is 8.81. The fraction of sp³-hybridized carbons (Fsp3) is 0.0286. The van der Waals surface area contributed by atoms with Crippen molar-refractivity contribution in [1.82, 2.24) is 9.97 Å². The van der Waals surface area contributed by atoms with Gasteiger partial charge in [-0.15, -0.1) is 0 Å². The number of hydrogen-bond acceptors (Lipinski definition) is 2. The topological polar surface area (TPSA) is 25.8 Å². The van der Waals surface area contributed by atoms with Gasteiger partial charge in [0, 0.05) is 16.7 Å². The second kappa shape index (κ2) is 20.0. The van der Waals surface area contributed by atoms with E-state index in [0.717, 1.165) is 74.3 Å². The highest BCUT2D eigenvalue weighted by Gasteiger charge is 2.15. The molecule has 10 aromatic carbocycles. The SMILES string of the molecule is C1=CCCC(c2cccc(-c3cccc(-c4cccc(-c5nc(-c6ccc(-c7cccc(-c8cccc(-c9ccccc9)c8)c7)cc6)cc(-c6cccc(-c7cccc(-c8ccccc8)c7)c6)n5)c4)c3)c2)=C1. The van der Waals surface area contributed by atoms with Gasteiger partial charge < -0.3 is 0 Å². The van der Waals surface area contributed by atoms with Crippen LogP contribution >= 0.6 is 0 Å². The van der Waals surface area contributed by atoms with Gasteiger partial charge >= 0.3 is 0 Å². The quantitative estimate of drug-likeness (QED) is 0.129. The molecule has 0 atom stereocenters. The average molecular weight is 919 g/mol.